The summed E-state index contributed by atoms with van der Waals surface area (Å²) in [5, 5.41) is 3.68. The number of anilines is 2. The largest absolute Gasteiger partial charge is 0.399 e. The van der Waals surface area contributed by atoms with Crippen LogP contribution in [0.4, 0.5) is 11.4 Å². The van der Waals surface area contributed by atoms with Gasteiger partial charge in [-0.2, -0.15) is 0 Å². The van der Waals surface area contributed by atoms with Crippen LogP contribution in [0.2, 0.25) is 0 Å². The fourth-order valence-electron chi connectivity index (χ4n) is 2.43. The average Bonchev–Trinajstić information content (AvgIpc) is 3.12. The Balaban J connectivity index is 1.73. The minimum atomic E-state index is -0.405. The molecule has 0 atom stereocenters. The van der Waals surface area contributed by atoms with Crippen molar-refractivity contribution in [1.82, 2.24) is 9.97 Å². The third-order valence-electron chi connectivity index (χ3n) is 4.00. The number of carbonyl (C=O) groups is 2. The second kappa shape index (κ2) is 6.55. The van der Waals surface area contributed by atoms with Crippen molar-refractivity contribution in [1.29, 1.82) is 0 Å². The summed E-state index contributed by atoms with van der Waals surface area (Å²) in [5.74, 6) is -0.182. The Kier molecular flexibility index (Phi) is 4.42. The van der Waals surface area contributed by atoms with Gasteiger partial charge in [0, 0.05) is 27.9 Å². The van der Waals surface area contributed by atoms with Crippen molar-refractivity contribution in [3.63, 3.8) is 0 Å². The first-order valence-corrected chi connectivity index (χ1v) is 8.33. The molecule has 1 aromatic carbocycles. The minimum absolute atomic E-state index is 0.0549. The first kappa shape index (κ1) is 17.5. The molecular formula is C20H22N4O2. The third kappa shape index (κ3) is 3.85. The van der Waals surface area contributed by atoms with Gasteiger partial charge in [0.2, 0.25) is 0 Å². The molecule has 6 heteroatoms. The fourth-order valence-corrected chi connectivity index (χ4v) is 2.43. The number of ketones is 1. The molecule has 1 amide bonds. The van der Waals surface area contributed by atoms with Crippen LogP contribution in [0.3, 0.4) is 0 Å². The summed E-state index contributed by atoms with van der Waals surface area (Å²) in [6.45, 7) is 5.64. The van der Waals surface area contributed by atoms with Gasteiger partial charge >= 0.3 is 0 Å². The van der Waals surface area contributed by atoms with Crippen LogP contribution in [0.25, 0.3) is 17.1 Å². The number of carbonyl (C=O) groups excluding carboxylic acids is 2. The lowest BCUT2D eigenvalue weighted by molar-refractivity contribution is -0.121. The van der Waals surface area contributed by atoms with E-state index in [0.29, 0.717) is 17.1 Å². The third-order valence-corrected chi connectivity index (χ3v) is 4.00. The first-order chi connectivity index (χ1) is 12.2. The van der Waals surface area contributed by atoms with E-state index in [4.69, 9.17) is 5.73 Å². The summed E-state index contributed by atoms with van der Waals surface area (Å²) in [6, 6.07) is 10.6. The van der Waals surface area contributed by atoms with Crippen molar-refractivity contribution in [2.24, 2.45) is 5.41 Å². The lowest BCUT2D eigenvalue weighted by Crippen LogP contribution is -2.17. The fraction of sp³-hybridized carbons (Fsp3) is 0.200. The predicted molar refractivity (Wildman–Crippen MR) is 105 cm³/mol. The number of hydrogen-bond acceptors (Lipinski definition) is 3. The van der Waals surface area contributed by atoms with E-state index in [2.05, 4.69) is 15.3 Å². The Bertz CT molecular complexity index is 954. The van der Waals surface area contributed by atoms with E-state index in [9.17, 15) is 9.59 Å². The van der Waals surface area contributed by atoms with Crippen LogP contribution in [-0.4, -0.2) is 21.7 Å². The molecule has 0 radical (unpaired) electrons. The topological polar surface area (TPSA) is 104 Å². The van der Waals surface area contributed by atoms with Gasteiger partial charge in [0.1, 0.15) is 11.3 Å². The molecule has 5 N–H and O–H groups in total. The van der Waals surface area contributed by atoms with E-state index in [1.807, 2.05) is 26.8 Å². The van der Waals surface area contributed by atoms with Gasteiger partial charge in [-0.1, -0.05) is 20.8 Å². The van der Waals surface area contributed by atoms with Gasteiger partial charge in [-0.3, -0.25) is 9.59 Å². The Hall–Kier alpha value is -3.28. The quantitative estimate of drug-likeness (QED) is 0.423. The Morgan fingerprint density at radius 1 is 1.08 bits per heavy atom. The van der Waals surface area contributed by atoms with Crippen LogP contribution >= 0.6 is 0 Å². The van der Waals surface area contributed by atoms with Crippen LogP contribution in [0.1, 0.15) is 37.0 Å². The zero-order valence-electron chi connectivity index (χ0n) is 15.0. The van der Waals surface area contributed by atoms with Crippen LogP contribution in [0.5, 0.6) is 0 Å². The number of rotatable bonds is 4. The zero-order chi connectivity index (χ0) is 18.9. The summed E-state index contributed by atoms with van der Waals surface area (Å²) in [4.78, 5) is 30.5. The molecule has 0 aliphatic carbocycles. The predicted octanol–water partition coefficient (Wildman–Crippen LogP) is 3.96. The number of benzene rings is 1. The maximum absolute atomic E-state index is 12.3. The van der Waals surface area contributed by atoms with Crippen molar-refractivity contribution >= 4 is 40.2 Å². The number of hydrogen-bond donors (Lipinski definition) is 4. The maximum atomic E-state index is 12.3. The second-order valence-electron chi connectivity index (χ2n) is 7.26. The van der Waals surface area contributed by atoms with Gasteiger partial charge in [0.15, 0.2) is 5.78 Å². The van der Waals surface area contributed by atoms with Crippen molar-refractivity contribution < 1.29 is 9.59 Å². The number of nitrogens with two attached hydrogens (primary N) is 1. The summed E-state index contributed by atoms with van der Waals surface area (Å²) in [5.41, 5.74) is 8.53. The van der Waals surface area contributed by atoms with E-state index in [0.717, 1.165) is 16.7 Å². The highest BCUT2D eigenvalue weighted by Gasteiger charge is 2.18. The van der Waals surface area contributed by atoms with Crippen molar-refractivity contribution in [3.05, 3.63) is 53.9 Å². The average molecular weight is 350 g/mol. The van der Waals surface area contributed by atoms with E-state index < -0.39 is 5.41 Å². The molecule has 0 saturated carbocycles. The van der Waals surface area contributed by atoms with Gasteiger partial charge in [0.05, 0.1) is 0 Å². The SMILES string of the molecule is CC(C)(C)C(=O)/C=C/c1cc2cc(C(=O)Nc3ccc(N)cc3)[nH]c2[nH]1. The van der Waals surface area contributed by atoms with Crippen LogP contribution in [-0.2, 0) is 4.79 Å². The van der Waals surface area contributed by atoms with Gasteiger partial charge in [0.25, 0.3) is 5.91 Å². The summed E-state index contributed by atoms with van der Waals surface area (Å²) in [6.07, 6.45) is 3.31. The van der Waals surface area contributed by atoms with E-state index in [-0.39, 0.29) is 11.7 Å². The van der Waals surface area contributed by atoms with Gasteiger partial charge < -0.3 is 21.0 Å². The number of aromatic amines is 2. The van der Waals surface area contributed by atoms with E-state index in [1.54, 1.807) is 42.5 Å². The number of H-pyrrole nitrogens is 2. The minimum Gasteiger partial charge on any atom is -0.399 e. The molecule has 0 fully saturated rings. The highest BCUT2D eigenvalue weighted by atomic mass is 16.2. The van der Waals surface area contributed by atoms with Gasteiger partial charge in [-0.25, -0.2) is 0 Å². The molecule has 0 bridgehead atoms. The highest BCUT2D eigenvalue weighted by molar-refractivity contribution is 6.06. The number of nitrogen functional groups attached to an aromatic ring is 1. The van der Waals surface area contributed by atoms with E-state index >= 15 is 0 Å². The molecule has 6 nitrogen and oxygen atoms in total. The maximum Gasteiger partial charge on any atom is 0.272 e. The van der Waals surface area contributed by atoms with Crippen molar-refractivity contribution in [2.45, 2.75) is 20.8 Å². The molecule has 0 spiro atoms. The van der Waals surface area contributed by atoms with Crippen LogP contribution < -0.4 is 11.1 Å². The van der Waals surface area contributed by atoms with Crippen molar-refractivity contribution in [2.75, 3.05) is 11.1 Å². The number of aromatic nitrogens is 2. The standard InChI is InChI=1S/C20H22N4O2/c1-20(2,3)17(25)9-8-15-10-12-11-16(24-18(12)22-15)19(26)23-14-6-4-13(21)5-7-14/h4-11,22,24H,21H2,1-3H3,(H,23,26)/b9-8+. The summed E-state index contributed by atoms with van der Waals surface area (Å²) in [7, 11) is 0. The van der Waals surface area contributed by atoms with E-state index in [1.165, 1.54) is 0 Å². The van der Waals surface area contributed by atoms with Crippen LogP contribution in [0.15, 0.2) is 42.5 Å². The molecule has 3 rings (SSSR count). The highest BCUT2D eigenvalue weighted by Crippen LogP contribution is 2.20. The van der Waals surface area contributed by atoms with Crippen LogP contribution in [0, 0.1) is 5.41 Å². The van der Waals surface area contributed by atoms with Crippen molar-refractivity contribution in [3.8, 4) is 0 Å². The monoisotopic (exact) mass is 350 g/mol. The summed E-state index contributed by atoms with van der Waals surface area (Å²) >= 11 is 0. The zero-order valence-corrected chi connectivity index (χ0v) is 15.0. The number of fused-ring (bicyclic) bond motifs is 1. The Morgan fingerprint density at radius 3 is 2.38 bits per heavy atom. The molecular weight excluding hydrogens is 328 g/mol. The Labute approximate surface area is 151 Å². The Morgan fingerprint density at radius 2 is 1.77 bits per heavy atom. The smallest absolute Gasteiger partial charge is 0.272 e. The molecule has 2 heterocycles. The molecule has 2 aromatic heterocycles. The molecule has 0 unspecified atom stereocenters. The lowest BCUT2D eigenvalue weighted by atomic mass is 9.90. The van der Waals surface area contributed by atoms with Gasteiger partial charge in [-0.15, -0.1) is 0 Å². The normalized spacial score (nSPS) is 12.0. The number of nitrogens with one attached hydrogen (secondary N) is 3. The molecule has 26 heavy (non-hydrogen) atoms. The molecule has 0 saturated heterocycles. The summed E-state index contributed by atoms with van der Waals surface area (Å²) < 4.78 is 0. The van der Waals surface area contributed by atoms with Gasteiger partial charge in [-0.05, 0) is 48.6 Å². The molecule has 0 aliphatic rings. The molecule has 3 aromatic rings. The first-order valence-electron chi connectivity index (χ1n) is 8.33. The number of amides is 1. The lowest BCUT2D eigenvalue weighted by Gasteiger charge is -2.12. The molecule has 134 valence electrons. The second-order valence-corrected chi connectivity index (χ2v) is 7.26. The number of allylic oxidation sites excluding steroid dienone is 1. The molecule has 0 aliphatic heterocycles.